The van der Waals surface area contributed by atoms with E-state index in [1.165, 1.54) is 103 Å². The molecule has 8 aromatic carbocycles. The maximum absolute atomic E-state index is 15.5. The number of carbonyl (C=O) groups is 10. The van der Waals surface area contributed by atoms with Crippen LogP contribution in [0.5, 0.6) is 0 Å². The van der Waals surface area contributed by atoms with Crippen molar-refractivity contribution in [2.24, 2.45) is 5.73 Å². The van der Waals surface area contributed by atoms with E-state index < -0.39 is 171 Å². The summed E-state index contributed by atoms with van der Waals surface area (Å²) in [6.07, 6.45) is -18.4. The van der Waals surface area contributed by atoms with E-state index in [0.29, 0.717) is 12.6 Å². The molecule has 8 aromatic rings. The van der Waals surface area contributed by atoms with Crippen molar-refractivity contribution in [3.05, 3.63) is 286 Å². The highest BCUT2D eigenvalue weighted by molar-refractivity contribution is 14.1. The van der Waals surface area contributed by atoms with Gasteiger partial charge in [-0.2, -0.15) is 0 Å². The van der Waals surface area contributed by atoms with Gasteiger partial charge in [0, 0.05) is 22.3 Å². The largest absolute Gasteiger partial charge is 0.459 e. The van der Waals surface area contributed by atoms with E-state index in [2.05, 4.69) is 10.6 Å². The summed E-state index contributed by atoms with van der Waals surface area (Å²) in [5.74, 6) is -7.32. The Hall–Kier alpha value is -10.5. The molecule has 0 aromatic heterocycles. The summed E-state index contributed by atoms with van der Waals surface area (Å²) >= 11 is 1.86. The first-order valence-electron chi connectivity index (χ1n) is 35.0. The Balaban J connectivity index is 1.10. The molecule has 25 nitrogen and oxygen atoms in total. The third kappa shape index (κ3) is 19.7. The smallest absolute Gasteiger partial charge is 0.338 e. The first-order chi connectivity index (χ1) is 52.5. The van der Waals surface area contributed by atoms with Gasteiger partial charge >= 0.3 is 35.8 Å². The summed E-state index contributed by atoms with van der Waals surface area (Å²) in [5.41, 5.74) is 7.41. The molecule has 3 aliphatic rings. The lowest BCUT2D eigenvalue weighted by atomic mass is 9.93. The summed E-state index contributed by atoms with van der Waals surface area (Å²) in [6, 6.07) is 53.7. The van der Waals surface area contributed by atoms with Crippen molar-refractivity contribution >= 4 is 91.1 Å². The third-order valence-corrected chi connectivity index (χ3v) is 24.5. The van der Waals surface area contributed by atoms with E-state index in [4.69, 9.17) is 62.3 Å². The standard InChI is InChI=1S/C82H80IN3O22Si/c1-82(2,3)109(4,5)108-67-61(48-99-76(93)51-32-16-8-17-33-51)101-80(62(84)68(67)103-77(94)52-34-18-9-19-35-52)106-66-60(47-98-75(92)50-30-14-7-15-31-50)102-81(64(70(66)105-79(96)54-38-22-11-23-39-54)86-73(90)58-43-27-25-41-56(58)45-88)107-65-59(46-97-74(91)49-28-12-6-13-29-49)100-71(83)63(69(65)104-78(95)53-36-20-10-21-37-53)85-72(89)57-42-26-24-40-55(57)44-87/h6-45,59-71,80-81H,46-48,84H2,1-5H3,(H,85,89)(H,86,90). The van der Waals surface area contributed by atoms with Crippen molar-refractivity contribution in [3.8, 4) is 0 Å². The highest BCUT2D eigenvalue weighted by Gasteiger charge is 2.59. The van der Waals surface area contributed by atoms with E-state index >= 15 is 9.59 Å². The molecule has 0 radical (unpaired) electrons. The summed E-state index contributed by atoms with van der Waals surface area (Å²) in [7, 11) is -3.03. The van der Waals surface area contributed by atoms with Crippen LogP contribution in [0, 0.1) is 0 Å². The van der Waals surface area contributed by atoms with E-state index in [1.54, 1.807) is 127 Å². The molecular formula is C82H80IN3O22Si. The molecule has 3 fully saturated rings. The van der Waals surface area contributed by atoms with Gasteiger partial charge in [-0.3, -0.25) is 19.2 Å². The quantitative estimate of drug-likeness (QED) is 0.0108. The van der Waals surface area contributed by atoms with Crippen molar-refractivity contribution in [1.29, 1.82) is 0 Å². The SMILES string of the molecule is CC(C)(C)[Si](C)(C)OC1C(COC(=O)c2ccccc2)OC(OC2C(COC(=O)c3ccccc3)OC(OC3C(COC(=O)c4ccccc4)OC(I)C(NC(=O)c4ccccc4C=O)C3OC(=O)c3ccccc3)C(NC(=O)c3ccccc3C=O)C2OC(=O)c2ccccc2)C(N)C1OC(=O)c1ccccc1. The van der Waals surface area contributed by atoms with Gasteiger partial charge in [-0.05, 0) is 126 Å². The van der Waals surface area contributed by atoms with Crippen molar-refractivity contribution < 1.29 is 104 Å². The zero-order chi connectivity index (χ0) is 77.4. The van der Waals surface area contributed by atoms with Crippen LogP contribution < -0.4 is 16.4 Å². The first-order valence-corrected chi connectivity index (χ1v) is 39.2. The predicted octanol–water partition coefficient (Wildman–Crippen LogP) is 10.6. The van der Waals surface area contributed by atoms with Gasteiger partial charge in [-0.25, -0.2) is 28.8 Å². The summed E-state index contributed by atoms with van der Waals surface area (Å²) in [5, 5.41) is 5.25. The molecule has 0 bridgehead atoms. The first kappa shape index (κ1) is 79.6. The Morgan fingerprint density at radius 2 is 0.706 bits per heavy atom. The van der Waals surface area contributed by atoms with Crippen molar-refractivity contribution in [2.45, 2.75) is 129 Å². The van der Waals surface area contributed by atoms with Crippen molar-refractivity contribution in [1.82, 2.24) is 10.6 Å². The van der Waals surface area contributed by atoms with Crippen LogP contribution >= 0.6 is 22.6 Å². The summed E-state index contributed by atoms with van der Waals surface area (Å²) in [6.45, 7) is 7.66. The molecule has 15 atom stereocenters. The molecule has 27 heteroatoms. The zero-order valence-corrected chi connectivity index (χ0v) is 63.0. The average molecular weight is 1610 g/mol. The van der Waals surface area contributed by atoms with E-state index in [9.17, 15) is 38.4 Å². The number of hydrogen-bond acceptors (Lipinski definition) is 23. The van der Waals surface area contributed by atoms with Crippen LogP contribution in [0.2, 0.25) is 18.1 Å². The molecule has 0 saturated carbocycles. The predicted molar refractivity (Wildman–Crippen MR) is 403 cm³/mol. The maximum atomic E-state index is 15.5. The van der Waals surface area contributed by atoms with Gasteiger partial charge in [0.05, 0.1) is 39.4 Å². The number of alkyl halides is 1. The van der Waals surface area contributed by atoms with Crippen LogP contribution in [0.4, 0.5) is 0 Å². The molecule has 2 amide bonds. The van der Waals surface area contributed by atoms with E-state index in [1.807, 2.05) is 56.5 Å². The molecule has 109 heavy (non-hydrogen) atoms. The van der Waals surface area contributed by atoms with Crippen LogP contribution in [0.3, 0.4) is 0 Å². The Labute approximate surface area is 642 Å². The number of hydrogen-bond donors (Lipinski definition) is 3. The Bertz CT molecular complexity index is 4490. The number of esters is 6. The van der Waals surface area contributed by atoms with Crippen molar-refractivity contribution in [3.63, 3.8) is 0 Å². The number of carbonyl (C=O) groups excluding carboxylic acids is 10. The van der Waals surface area contributed by atoms with Crippen LogP contribution in [0.15, 0.2) is 231 Å². The number of rotatable bonds is 27. The Morgan fingerprint density at radius 3 is 1.08 bits per heavy atom. The van der Waals surface area contributed by atoms with Gasteiger partial charge in [0.25, 0.3) is 11.8 Å². The number of ether oxygens (including phenoxy) is 11. The normalized spacial score (nSPS) is 23.9. The van der Waals surface area contributed by atoms with Crippen LogP contribution in [0.1, 0.15) is 124 Å². The van der Waals surface area contributed by atoms with Gasteiger partial charge in [0.1, 0.15) is 78.7 Å². The average Bonchev–Trinajstić information content (AvgIpc) is 0.757. The molecule has 11 rings (SSSR count). The fourth-order valence-electron chi connectivity index (χ4n) is 12.2. The van der Waals surface area contributed by atoms with Crippen LogP contribution in [0.25, 0.3) is 0 Å². The minimum absolute atomic E-state index is 0.0111. The number of nitrogens with two attached hydrogens (primary N) is 1. The monoisotopic (exact) mass is 1610 g/mol. The lowest BCUT2D eigenvalue weighted by molar-refractivity contribution is -0.341. The summed E-state index contributed by atoms with van der Waals surface area (Å²) in [4.78, 5) is 143. The fourth-order valence-corrected chi connectivity index (χ4v) is 14.5. The van der Waals surface area contributed by atoms with Gasteiger partial charge in [-0.1, -0.05) is 166 Å². The molecule has 0 aliphatic carbocycles. The number of aldehydes is 2. The molecule has 3 aliphatic heterocycles. The van der Waals surface area contributed by atoms with Crippen LogP contribution in [-0.2, 0) is 56.5 Å². The third-order valence-electron chi connectivity index (χ3n) is 19.0. The van der Waals surface area contributed by atoms with E-state index in [0.717, 1.165) is 0 Å². The van der Waals surface area contributed by atoms with Crippen molar-refractivity contribution in [2.75, 3.05) is 19.8 Å². The van der Waals surface area contributed by atoms with Gasteiger partial charge in [0.2, 0.25) is 0 Å². The number of nitrogens with one attached hydrogen (secondary N) is 2. The highest BCUT2D eigenvalue weighted by Crippen LogP contribution is 2.42. The highest BCUT2D eigenvalue weighted by atomic mass is 127. The van der Waals surface area contributed by atoms with Crippen LogP contribution in [-0.4, -0.2) is 178 Å². The zero-order valence-electron chi connectivity index (χ0n) is 59.8. The molecule has 566 valence electrons. The topological polar surface area (TPSA) is 332 Å². The Kier molecular flexibility index (Phi) is 26.7. The molecule has 0 spiro atoms. The van der Waals surface area contributed by atoms with Gasteiger partial charge < -0.3 is 72.9 Å². The second kappa shape index (κ2) is 36.6. The maximum Gasteiger partial charge on any atom is 0.338 e. The fraction of sp³-hybridized carbons (Fsp3) is 0.293. The molecular weight excluding hydrogens is 1530 g/mol. The molecule has 4 N–H and O–H groups in total. The van der Waals surface area contributed by atoms with E-state index in [-0.39, 0.29) is 55.6 Å². The minimum Gasteiger partial charge on any atom is -0.459 e. The number of benzene rings is 8. The number of amides is 2. The number of halogens is 1. The molecule has 15 unspecified atom stereocenters. The lowest BCUT2D eigenvalue weighted by Crippen LogP contribution is -2.72. The minimum atomic E-state index is -3.03. The van der Waals surface area contributed by atoms with Gasteiger partial charge in [0.15, 0.2) is 45.7 Å². The Morgan fingerprint density at radius 1 is 0.404 bits per heavy atom. The second-order valence-corrected chi connectivity index (χ2v) is 33.2. The van der Waals surface area contributed by atoms with Gasteiger partial charge in [-0.15, -0.1) is 0 Å². The molecule has 3 heterocycles. The second-order valence-electron chi connectivity index (χ2n) is 27.2. The summed E-state index contributed by atoms with van der Waals surface area (Å²) < 4.78 is 79.2. The molecule has 3 saturated heterocycles. The lowest BCUT2D eigenvalue weighted by Gasteiger charge is -2.52.